The second kappa shape index (κ2) is 6.45. The summed E-state index contributed by atoms with van der Waals surface area (Å²) < 4.78 is 21.4. The highest BCUT2D eigenvalue weighted by Crippen LogP contribution is 2.33. The summed E-state index contributed by atoms with van der Waals surface area (Å²) in [7, 11) is 0. The molecule has 0 spiro atoms. The molecule has 7 heteroatoms. The maximum Gasteiger partial charge on any atom is 0.192 e. The van der Waals surface area contributed by atoms with Gasteiger partial charge in [0.15, 0.2) is 16.8 Å². The fraction of sp³-hybridized carbons (Fsp3) is 0.250. The molecule has 3 rings (SSSR count). The van der Waals surface area contributed by atoms with Crippen molar-refractivity contribution >= 4 is 27.5 Å². The van der Waals surface area contributed by atoms with Gasteiger partial charge in [-0.1, -0.05) is 11.6 Å². The molecule has 0 atom stereocenters. The van der Waals surface area contributed by atoms with Crippen molar-refractivity contribution in [3.05, 3.63) is 57.0 Å². The van der Waals surface area contributed by atoms with Crippen LogP contribution >= 0.6 is 27.5 Å². The third-order valence-corrected chi connectivity index (χ3v) is 4.42. The van der Waals surface area contributed by atoms with E-state index in [1.165, 1.54) is 12.1 Å². The van der Waals surface area contributed by atoms with Crippen molar-refractivity contribution in [1.29, 1.82) is 0 Å². The zero-order valence-corrected chi connectivity index (χ0v) is 14.9. The van der Waals surface area contributed by atoms with Gasteiger partial charge >= 0.3 is 0 Å². The van der Waals surface area contributed by atoms with Crippen LogP contribution in [0.3, 0.4) is 0 Å². The molecule has 2 aromatic heterocycles. The molecule has 0 aliphatic heterocycles. The summed E-state index contributed by atoms with van der Waals surface area (Å²) in [5.41, 5.74) is 2.37. The molecule has 1 aromatic carbocycles. The molecule has 3 aromatic rings. The Bertz CT molecular complexity index is 859. The summed E-state index contributed by atoms with van der Waals surface area (Å²) in [6.07, 6.45) is 2.39. The number of aryl methyl sites for hydroxylation is 2. The lowest BCUT2D eigenvalue weighted by Gasteiger charge is -2.03. The van der Waals surface area contributed by atoms with Crippen LogP contribution in [0.2, 0.25) is 5.15 Å². The monoisotopic (exact) mass is 397 g/mol. The minimum Gasteiger partial charge on any atom is -0.441 e. The topological polar surface area (TPSA) is 43.9 Å². The molecule has 2 heterocycles. The smallest absolute Gasteiger partial charge is 0.192 e. The van der Waals surface area contributed by atoms with Gasteiger partial charge in [-0.3, -0.25) is 4.68 Å². The summed E-state index contributed by atoms with van der Waals surface area (Å²) in [4.78, 5) is 4.45. The SMILES string of the molecule is CCn1cc(Cc2nc(C)oc2-c2ccc(F)cc2Br)c(Cl)n1. The molecule has 0 aliphatic carbocycles. The zero-order valence-electron chi connectivity index (χ0n) is 12.6. The van der Waals surface area contributed by atoms with E-state index in [2.05, 4.69) is 26.0 Å². The van der Waals surface area contributed by atoms with E-state index in [0.29, 0.717) is 27.7 Å². The van der Waals surface area contributed by atoms with Gasteiger partial charge in [0.2, 0.25) is 0 Å². The molecule has 0 saturated heterocycles. The van der Waals surface area contributed by atoms with Crippen LogP contribution in [-0.2, 0) is 13.0 Å². The van der Waals surface area contributed by atoms with Crippen molar-refractivity contribution in [3.8, 4) is 11.3 Å². The third kappa shape index (κ3) is 3.33. The maximum absolute atomic E-state index is 13.3. The normalized spacial score (nSPS) is 11.2. The summed E-state index contributed by atoms with van der Waals surface area (Å²) >= 11 is 9.55. The number of hydrogen-bond donors (Lipinski definition) is 0. The van der Waals surface area contributed by atoms with Crippen LogP contribution in [0.15, 0.2) is 33.3 Å². The summed E-state index contributed by atoms with van der Waals surface area (Å²) in [5, 5.41) is 4.68. The Balaban J connectivity index is 2.02. The van der Waals surface area contributed by atoms with Gasteiger partial charge in [0.05, 0.1) is 5.69 Å². The number of benzene rings is 1. The summed E-state index contributed by atoms with van der Waals surface area (Å²) in [5.74, 6) is 0.839. The van der Waals surface area contributed by atoms with Gasteiger partial charge in [-0.15, -0.1) is 0 Å². The number of oxazole rings is 1. The standard InChI is InChI=1S/C16H14BrClFN3O/c1-3-22-8-10(16(18)21-22)6-14-15(23-9(2)20-14)12-5-4-11(19)7-13(12)17/h4-5,7-8H,3,6H2,1-2H3. The van der Waals surface area contributed by atoms with Crippen LogP contribution in [0.4, 0.5) is 4.39 Å². The molecule has 23 heavy (non-hydrogen) atoms. The molecule has 0 bridgehead atoms. The highest BCUT2D eigenvalue weighted by molar-refractivity contribution is 9.10. The second-order valence-electron chi connectivity index (χ2n) is 5.11. The lowest BCUT2D eigenvalue weighted by molar-refractivity contribution is 0.533. The largest absolute Gasteiger partial charge is 0.441 e. The maximum atomic E-state index is 13.3. The van der Waals surface area contributed by atoms with E-state index < -0.39 is 0 Å². The molecule has 0 fully saturated rings. The Hall–Kier alpha value is -1.66. The fourth-order valence-electron chi connectivity index (χ4n) is 2.37. The molecule has 0 radical (unpaired) electrons. The van der Waals surface area contributed by atoms with Crippen molar-refractivity contribution in [2.45, 2.75) is 26.8 Å². The van der Waals surface area contributed by atoms with Crippen molar-refractivity contribution in [2.24, 2.45) is 0 Å². The van der Waals surface area contributed by atoms with Crippen LogP contribution in [0.1, 0.15) is 24.1 Å². The first kappa shape index (κ1) is 16.2. The minimum absolute atomic E-state index is 0.314. The molecular weight excluding hydrogens is 385 g/mol. The Morgan fingerprint density at radius 2 is 2.17 bits per heavy atom. The van der Waals surface area contributed by atoms with Crippen molar-refractivity contribution in [2.75, 3.05) is 0 Å². The molecule has 0 unspecified atom stereocenters. The first-order valence-corrected chi connectivity index (χ1v) is 8.28. The Labute approximate surface area is 146 Å². The molecule has 120 valence electrons. The van der Waals surface area contributed by atoms with Gasteiger partial charge < -0.3 is 4.42 Å². The molecular formula is C16H14BrClFN3O. The first-order valence-electron chi connectivity index (χ1n) is 7.11. The Kier molecular flexibility index (Phi) is 4.55. The van der Waals surface area contributed by atoms with E-state index in [1.807, 2.05) is 13.1 Å². The quantitative estimate of drug-likeness (QED) is 0.620. The average Bonchev–Trinajstić information content (AvgIpc) is 3.03. The summed E-state index contributed by atoms with van der Waals surface area (Å²) in [6.45, 7) is 4.52. The number of nitrogens with zero attached hydrogens (tertiary/aromatic N) is 3. The van der Waals surface area contributed by atoms with Crippen LogP contribution in [-0.4, -0.2) is 14.8 Å². The number of halogens is 3. The van der Waals surface area contributed by atoms with Gasteiger partial charge in [-0.2, -0.15) is 5.10 Å². The fourth-order valence-corrected chi connectivity index (χ4v) is 3.12. The zero-order chi connectivity index (χ0) is 16.6. The van der Waals surface area contributed by atoms with E-state index in [0.717, 1.165) is 23.4 Å². The van der Waals surface area contributed by atoms with Gasteiger partial charge in [0.25, 0.3) is 0 Å². The van der Waals surface area contributed by atoms with Gasteiger partial charge in [-0.25, -0.2) is 9.37 Å². The van der Waals surface area contributed by atoms with E-state index in [-0.39, 0.29) is 5.82 Å². The van der Waals surface area contributed by atoms with Gasteiger partial charge in [0, 0.05) is 41.7 Å². The Morgan fingerprint density at radius 3 is 2.83 bits per heavy atom. The van der Waals surface area contributed by atoms with E-state index in [4.69, 9.17) is 16.0 Å². The van der Waals surface area contributed by atoms with Crippen molar-refractivity contribution < 1.29 is 8.81 Å². The first-order chi connectivity index (χ1) is 11.0. The summed E-state index contributed by atoms with van der Waals surface area (Å²) in [6, 6.07) is 4.46. The lowest BCUT2D eigenvalue weighted by atomic mass is 10.1. The molecule has 0 N–H and O–H groups in total. The van der Waals surface area contributed by atoms with Crippen molar-refractivity contribution in [1.82, 2.24) is 14.8 Å². The predicted molar refractivity (Wildman–Crippen MR) is 90.1 cm³/mol. The van der Waals surface area contributed by atoms with Crippen LogP contribution in [0.25, 0.3) is 11.3 Å². The minimum atomic E-state index is -0.314. The number of rotatable bonds is 4. The molecule has 4 nitrogen and oxygen atoms in total. The Morgan fingerprint density at radius 1 is 1.39 bits per heavy atom. The average molecular weight is 399 g/mol. The number of aromatic nitrogens is 3. The van der Waals surface area contributed by atoms with Crippen molar-refractivity contribution in [3.63, 3.8) is 0 Å². The highest BCUT2D eigenvalue weighted by Gasteiger charge is 2.18. The van der Waals surface area contributed by atoms with E-state index in [9.17, 15) is 4.39 Å². The lowest BCUT2D eigenvalue weighted by Crippen LogP contribution is -1.93. The van der Waals surface area contributed by atoms with E-state index in [1.54, 1.807) is 17.7 Å². The highest BCUT2D eigenvalue weighted by atomic mass is 79.9. The van der Waals surface area contributed by atoms with Crippen LogP contribution < -0.4 is 0 Å². The third-order valence-electron chi connectivity index (χ3n) is 3.45. The van der Waals surface area contributed by atoms with E-state index >= 15 is 0 Å². The van der Waals surface area contributed by atoms with Gasteiger partial charge in [-0.05, 0) is 41.1 Å². The van der Waals surface area contributed by atoms with Crippen LogP contribution in [0, 0.1) is 12.7 Å². The molecule has 0 amide bonds. The second-order valence-corrected chi connectivity index (χ2v) is 6.32. The number of hydrogen-bond acceptors (Lipinski definition) is 3. The van der Waals surface area contributed by atoms with Crippen LogP contribution in [0.5, 0.6) is 0 Å². The molecule has 0 aliphatic rings. The van der Waals surface area contributed by atoms with Gasteiger partial charge in [0.1, 0.15) is 5.82 Å². The molecule has 0 saturated carbocycles. The predicted octanol–water partition coefficient (Wildman–Crippen LogP) is 5.01.